The van der Waals surface area contributed by atoms with Crippen molar-refractivity contribution < 1.29 is 139 Å². The van der Waals surface area contributed by atoms with Crippen LogP contribution >= 0.6 is 34.8 Å². The second kappa shape index (κ2) is 46.2. The number of aromatic nitrogens is 12. The molecule has 0 radical (unpaired) electrons. The summed E-state index contributed by atoms with van der Waals surface area (Å²) >= 11 is 17.7. The Morgan fingerprint density at radius 1 is 0.412 bits per heavy atom. The highest BCUT2D eigenvalue weighted by atomic mass is 35.5. The minimum Gasteiger partial charge on any atom is -0.478 e. The molecule has 0 bridgehead atoms. The van der Waals surface area contributed by atoms with Crippen LogP contribution in [0, 0.1) is 17.5 Å². The van der Waals surface area contributed by atoms with E-state index in [4.69, 9.17) is 82.2 Å². The lowest BCUT2D eigenvalue weighted by Gasteiger charge is -2.32. The number of pyridine rings is 6. The minimum atomic E-state index is -4.96. The average Bonchev–Trinajstić information content (AvgIpc) is 1.12. The van der Waals surface area contributed by atoms with Crippen molar-refractivity contribution in [2.45, 2.75) is 62.6 Å². The summed E-state index contributed by atoms with van der Waals surface area (Å²) in [5, 5.41) is 36.3. The smallest absolute Gasteiger partial charge is 0.421 e. The van der Waals surface area contributed by atoms with Crippen LogP contribution in [0.1, 0.15) is 95.9 Å². The molecule has 0 spiro atoms. The average molecular weight is 1900 g/mol. The summed E-state index contributed by atoms with van der Waals surface area (Å²) in [6.07, 6.45) is -0.956. The fourth-order valence-electron chi connectivity index (χ4n) is 12.3. The van der Waals surface area contributed by atoms with Crippen LogP contribution < -0.4 is 28.9 Å². The lowest BCUT2D eigenvalue weighted by atomic mass is 10.1. The lowest BCUT2D eigenvalue weighted by molar-refractivity contribution is -0.139. The molecule has 0 aliphatic rings. The maximum Gasteiger partial charge on any atom is 0.421 e. The molecule has 0 fully saturated rings. The third-order valence-corrected chi connectivity index (χ3v) is 18.8. The Kier molecular flexibility index (Phi) is 35.8. The van der Waals surface area contributed by atoms with Gasteiger partial charge in [0.05, 0.1) is 152 Å². The molecular weight excluding hydrogens is 1830 g/mol. The van der Waals surface area contributed by atoms with E-state index in [0.29, 0.717) is 30.3 Å². The Labute approximate surface area is 749 Å². The summed E-state index contributed by atoms with van der Waals surface area (Å²) in [5.41, 5.74) is -7.02. The molecule has 3 aromatic carbocycles. The first-order valence-corrected chi connectivity index (χ1v) is 38.8. The summed E-state index contributed by atoms with van der Waals surface area (Å²) in [5.74, 6) is -16.2. The van der Waals surface area contributed by atoms with Gasteiger partial charge in [-0.05, 0) is 84.1 Å². The first-order chi connectivity index (χ1) is 62.3. The van der Waals surface area contributed by atoms with Gasteiger partial charge >= 0.3 is 36.4 Å². The number of benzene rings is 3. The van der Waals surface area contributed by atoms with Gasteiger partial charge in [-0.3, -0.25) is 29.1 Å². The molecule has 3 amide bonds. The Hall–Kier alpha value is -13.4. The number of ether oxygens (including phenoxy) is 10. The van der Waals surface area contributed by atoms with Crippen LogP contribution in [-0.2, 0) is 77.6 Å². The van der Waals surface area contributed by atoms with E-state index in [1.165, 1.54) is 132 Å². The fourth-order valence-corrected chi connectivity index (χ4v) is 12.6. The number of hydrogen-bond acceptors (Lipinski definition) is 26. The van der Waals surface area contributed by atoms with Crippen LogP contribution in [0.3, 0.4) is 0 Å². The molecule has 0 saturated carbocycles. The van der Waals surface area contributed by atoms with Crippen LogP contribution in [0.25, 0.3) is 6.08 Å². The van der Waals surface area contributed by atoms with Crippen molar-refractivity contribution in [2.75, 3.05) is 104 Å². The quantitative estimate of drug-likeness (QED) is 0.0270. The number of alkyl halides is 9. The summed E-state index contributed by atoms with van der Waals surface area (Å²) < 4.78 is 224. The molecule has 2 N–H and O–H groups in total. The van der Waals surface area contributed by atoms with Crippen molar-refractivity contribution in [3.05, 3.63) is 259 Å². The van der Waals surface area contributed by atoms with Crippen molar-refractivity contribution in [2.24, 2.45) is 0 Å². The van der Waals surface area contributed by atoms with Gasteiger partial charge in [0.2, 0.25) is 17.6 Å². The second-order valence-corrected chi connectivity index (χ2v) is 28.4. The Morgan fingerprint density at radius 2 is 0.702 bits per heavy atom. The number of aromatic carboxylic acids is 2. The number of aryl methyl sites for hydroxylation is 4. The van der Waals surface area contributed by atoms with Crippen LogP contribution in [0.5, 0.6) is 34.9 Å². The van der Waals surface area contributed by atoms with E-state index in [-0.39, 0.29) is 120 Å². The number of halogens is 15. The third kappa shape index (κ3) is 26.7. The van der Waals surface area contributed by atoms with Crippen LogP contribution in [0.4, 0.5) is 69.7 Å². The molecule has 11 rings (SSSR count). The van der Waals surface area contributed by atoms with Crippen LogP contribution in [0.2, 0.25) is 15.1 Å². The zero-order valence-electron chi connectivity index (χ0n) is 69.3. The highest BCUT2D eigenvalue weighted by molar-refractivity contribution is 6.31. The number of amides is 3. The predicted octanol–water partition coefficient (Wildman–Crippen LogP) is 15.7. The van der Waals surface area contributed by atoms with Gasteiger partial charge in [-0.15, -0.1) is 0 Å². The zero-order chi connectivity index (χ0) is 95.8. The number of rotatable bonds is 37. The third-order valence-electron chi connectivity index (χ3n) is 18.1. The second-order valence-electron chi connectivity index (χ2n) is 27.1. The molecular formula is C83H74Cl3F12N15O18. The number of carboxylic acids is 2. The van der Waals surface area contributed by atoms with Gasteiger partial charge < -0.3 is 57.6 Å². The molecule has 0 aliphatic carbocycles. The number of hydrogen-bond donors (Lipinski definition) is 2. The van der Waals surface area contributed by atoms with Gasteiger partial charge in [0.15, 0.2) is 34.7 Å². The molecule has 694 valence electrons. The van der Waals surface area contributed by atoms with Gasteiger partial charge in [-0.1, -0.05) is 47.5 Å². The van der Waals surface area contributed by atoms with E-state index >= 15 is 13.2 Å². The summed E-state index contributed by atoms with van der Waals surface area (Å²) in [6, 6.07) is 11.6. The Bertz CT molecular complexity index is 5790. The van der Waals surface area contributed by atoms with Crippen molar-refractivity contribution >= 4 is 93.6 Å². The highest BCUT2D eigenvalue weighted by Crippen LogP contribution is 2.45. The fraction of sp³-hybridized carbons (Fsp3) is 0.277. The molecule has 11 aromatic rings. The SMILES string of the molecule is C=Cc1cnc(Oc2cc(C(=O)O)c(N(C(=O)c3ccc(Cl)cn3)C(COC)COC)cc2F)c(C(F)(F)F)c1.COCC(COC)N(C(=O)c1ccc(Cl)cn1)c1cc(F)c(Oc2ncc(CCn3nccn3)cc2C(F)(F)F)cc1C(=O)O.COCC(COC)N(C(=O)c1ccc(Cl)cn1)c1cc(F)c(Oc2ncc(CCn3nccn3)cc2C(F)(F)F)cc1C(=O)OC. The van der Waals surface area contributed by atoms with Crippen molar-refractivity contribution in [3.63, 3.8) is 0 Å². The molecule has 131 heavy (non-hydrogen) atoms. The largest absolute Gasteiger partial charge is 0.478 e. The molecule has 8 aromatic heterocycles. The zero-order valence-corrected chi connectivity index (χ0v) is 71.6. The predicted molar refractivity (Wildman–Crippen MR) is 441 cm³/mol. The number of carbonyl (C=O) groups is 6. The number of carbonyl (C=O) groups excluding carboxylic acids is 4. The van der Waals surface area contributed by atoms with Crippen molar-refractivity contribution in [1.29, 1.82) is 0 Å². The molecule has 48 heteroatoms. The molecule has 33 nitrogen and oxygen atoms in total. The van der Waals surface area contributed by atoms with E-state index in [1.54, 1.807) is 0 Å². The first-order valence-electron chi connectivity index (χ1n) is 37.7. The molecule has 0 saturated heterocycles. The molecule has 0 atom stereocenters. The number of nitrogens with zero attached hydrogens (tertiary/aromatic N) is 15. The van der Waals surface area contributed by atoms with Gasteiger partial charge in [-0.25, -0.2) is 57.5 Å². The normalized spacial score (nSPS) is 11.5. The molecule has 8 heterocycles. The maximum absolute atomic E-state index is 15.7. The highest BCUT2D eigenvalue weighted by Gasteiger charge is 2.42. The number of methoxy groups -OCH3 is 7. The topological polar surface area (TPSA) is 384 Å². The summed E-state index contributed by atoms with van der Waals surface area (Å²) in [4.78, 5) is 107. The maximum atomic E-state index is 15.7. The van der Waals surface area contributed by atoms with E-state index < -0.39 is 169 Å². The standard InChI is InChI=1S/C29H27ClF4N6O6.C28H25ClF4N6O6.C26H22ClF4N3O6/c1-43-15-19(16-44-2)40(27(41)23-5-4-18(30)14-35-23)24-12-22(31)25(11-20(24)28(42)45-3)46-26-21(29(32,33)34)10-17(13-36-26)6-9-39-37-7-8-38-39;1-43-14-18(15-44-2)39(26(40)22-4-3-17(29)13-34-22)23-11-21(30)24(10-19(23)27(41)42)45-25-20(28(31,32)33)9-16(12-35-25)5-8-38-36-6-7-37-38;1-4-14-7-18(26(29,30)31)23(33-10-14)40-22-8-17(25(36)37)21(9-19(22)28)34(16(12-38-2)13-39-3)24(35)20-6-5-15(27)11-32-20/h4-5,7-8,10-14,19H,6,9,15-16H2,1-3H3;3-4,6-7,9-13,18H,5,8,14-15H2,1-2H3,(H,41,42);4-11,16H,1,12-13H2,2-3H3,(H,36,37). The number of esters is 1. The van der Waals surface area contributed by atoms with Crippen molar-refractivity contribution in [3.8, 4) is 34.9 Å². The van der Waals surface area contributed by atoms with Gasteiger partial charge in [-0.2, -0.15) is 69.5 Å². The van der Waals surface area contributed by atoms with E-state index in [1.807, 2.05) is 0 Å². The number of carboxylic acid groups (broad SMARTS) is 2. The van der Waals surface area contributed by atoms with E-state index in [0.717, 1.165) is 70.7 Å². The van der Waals surface area contributed by atoms with E-state index in [9.17, 15) is 78.5 Å². The monoisotopic (exact) mass is 1900 g/mol. The van der Waals surface area contributed by atoms with Crippen LogP contribution in [0.15, 0.2) is 160 Å². The molecule has 0 unspecified atom stereocenters. The Balaban J connectivity index is 0.000000222. The van der Waals surface area contributed by atoms with Gasteiger partial charge in [0, 0.05) is 116 Å². The summed E-state index contributed by atoms with van der Waals surface area (Å²) in [7, 11) is 9.05. The minimum absolute atomic E-state index is 0.0222. The number of anilines is 3. The van der Waals surface area contributed by atoms with Gasteiger partial charge in [0.25, 0.3) is 17.7 Å². The van der Waals surface area contributed by atoms with Crippen LogP contribution in [-0.4, -0.2) is 213 Å². The van der Waals surface area contributed by atoms with Crippen molar-refractivity contribution in [1.82, 2.24) is 59.9 Å². The van der Waals surface area contributed by atoms with E-state index in [2.05, 4.69) is 56.9 Å². The molecule has 0 aliphatic heterocycles. The van der Waals surface area contributed by atoms with Gasteiger partial charge in [0.1, 0.15) is 33.8 Å². The summed E-state index contributed by atoms with van der Waals surface area (Å²) in [6.45, 7) is 2.79. The Morgan fingerprint density at radius 3 is 0.969 bits per heavy atom. The lowest BCUT2D eigenvalue weighted by Crippen LogP contribution is -2.47. The first kappa shape index (κ1) is 101.